The first-order valence-corrected chi connectivity index (χ1v) is 9.42. The normalized spacial score (nSPS) is 15.5. The smallest absolute Gasteiger partial charge is 0.309 e. The summed E-state index contributed by atoms with van der Waals surface area (Å²) in [6.07, 6.45) is 1.78. The number of sulfonamides is 1. The standard InChI is InChI=1S/C16H23N3O4S/c1-12(2)18-16(21)15(20)17-11-13-5-7-14(8-6-13)24(22,23)19-9-3-4-10-19/h5-8,12H,3-4,9-11H2,1-2H3,(H,17,20)(H,18,21). The quantitative estimate of drug-likeness (QED) is 0.758. The van der Waals surface area contributed by atoms with E-state index in [-0.39, 0.29) is 17.5 Å². The van der Waals surface area contributed by atoms with Crippen LogP contribution in [0.1, 0.15) is 32.3 Å². The molecule has 0 spiro atoms. The summed E-state index contributed by atoms with van der Waals surface area (Å²) in [6, 6.07) is 6.23. The molecule has 0 bridgehead atoms. The highest BCUT2D eigenvalue weighted by atomic mass is 32.2. The SMILES string of the molecule is CC(C)NC(=O)C(=O)NCc1ccc(S(=O)(=O)N2CCCC2)cc1. The van der Waals surface area contributed by atoms with E-state index >= 15 is 0 Å². The van der Waals surface area contributed by atoms with Gasteiger partial charge >= 0.3 is 11.8 Å². The maximum atomic E-state index is 12.4. The number of rotatable bonds is 5. The van der Waals surface area contributed by atoms with Crippen LogP contribution in [0.3, 0.4) is 0 Å². The minimum Gasteiger partial charge on any atom is -0.346 e. The molecule has 0 radical (unpaired) electrons. The number of carbonyl (C=O) groups is 2. The van der Waals surface area contributed by atoms with Crippen LogP contribution < -0.4 is 10.6 Å². The Balaban J connectivity index is 1.95. The Morgan fingerprint density at radius 3 is 2.21 bits per heavy atom. The van der Waals surface area contributed by atoms with E-state index in [0.29, 0.717) is 13.1 Å². The van der Waals surface area contributed by atoms with Crippen molar-refractivity contribution in [2.24, 2.45) is 0 Å². The van der Waals surface area contributed by atoms with Crippen molar-refractivity contribution in [3.8, 4) is 0 Å². The van der Waals surface area contributed by atoms with Crippen LogP contribution in [0.15, 0.2) is 29.2 Å². The molecule has 1 aromatic carbocycles. The van der Waals surface area contributed by atoms with E-state index in [1.165, 1.54) is 16.4 Å². The van der Waals surface area contributed by atoms with Crippen LogP contribution in [0, 0.1) is 0 Å². The second-order valence-electron chi connectivity index (χ2n) is 6.07. The summed E-state index contributed by atoms with van der Waals surface area (Å²) in [6.45, 7) is 4.82. The van der Waals surface area contributed by atoms with Crippen molar-refractivity contribution in [2.75, 3.05) is 13.1 Å². The number of nitrogens with one attached hydrogen (secondary N) is 2. The Bertz CT molecular complexity index is 693. The summed E-state index contributed by atoms with van der Waals surface area (Å²) in [5, 5.41) is 5.01. The van der Waals surface area contributed by atoms with Crippen molar-refractivity contribution in [1.82, 2.24) is 14.9 Å². The third-order valence-electron chi connectivity index (χ3n) is 3.71. The molecule has 1 aromatic rings. The van der Waals surface area contributed by atoms with Gasteiger partial charge in [-0.05, 0) is 44.4 Å². The summed E-state index contributed by atoms with van der Waals surface area (Å²) < 4.78 is 26.3. The summed E-state index contributed by atoms with van der Waals surface area (Å²) >= 11 is 0. The van der Waals surface area contributed by atoms with Gasteiger partial charge in [0.05, 0.1) is 4.90 Å². The minimum absolute atomic E-state index is 0.113. The van der Waals surface area contributed by atoms with Crippen LogP contribution in [0.25, 0.3) is 0 Å². The molecule has 1 aliphatic rings. The van der Waals surface area contributed by atoms with Crippen molar-refractivity contribution in [3.05, 3.63) is 29.8 Å². The van der Waals surface area contributed by atoms with E-state index in [1.807, 2.05) is 0 Å². The Hall–Kier alpha value is -1.93. The maximum absolute atomic E-state index is 12.4. The number of nitrogens with zero attached hydrogens (tertiary/aromatic N) is 1. The van der Waals surface area contributed by atoms with Crippen LogP contribution in [-0.4, -0.2) is 43.7 Å². The van der Waals surface area contributed by atoms with Gasteiger partial charge in [-0.3, -0.25) is 9.59 Å². The molecule has 1 aliphatic heterocycles. The van der Waals surface area contributed by atoms with Gasteiger partial charge in [-0.2, -0.15) is 4.31 Å². The number of benzene rings is 1. The van der Waals surface area contributed by atoms with Crippen molar-refractivity contribution in [3.63, 3.8) is 0 Å². The predicted molar refractivity (Wildman–Crippen MR) is 89.6 cm³/mol. The van der Waals surface area contributed by atoms with Gasteiger partial charge in [-0.1, -0.05) is 12.1 Å². The fraction of sp³-hybridized carbons (Fsp3) is 0.500. The number of amides is 2. The van der Waals surface area contributed by atoms with Crippen molar-refractivity contribution in [2.45, 2.75) is 44.2 Å². The predicted octanol–water partition coefficient (Wildman–Crippen LogP) is 0.612. The molecule has 0 saturated carbocycles. The Morgan fingerprint density at radius 2 is 1.67 bits per heavy atom. The van der Waals surface area contributed by atoms with Crippen LogP contribution in [0.5, 0.6) is 0 Å². The number of hydrogen-bond donors (Lipinski definition) is 2. The number of hydrogen-bond acceptors (Lipinski definition) is 4. The highest BCUT2D eigenvalue weighted by molar-refractivity contribution is 7.89. The van der Waals surface area contributed by atoms with Gasteiger partial charge in [-0.15, -0.1) is 0 Å². The summed E-state index contributed by atoms with van der Waals surface area (Å²) in [7, 11) is -3.43. The lowest BCUT2D eigenvalue weighted by atomic mass is 10.2. The molecule has 0 aromatic heterocycles. The van der Waals surface area contributed by atoms with Gasteiger partial charge < -0.3 is 10.6 Å². The molecule has 2 N–H and O–H groups in total. The zero-order valence-corrected chi connectivity index (χ0v) is 14.7. The Morgan fingerprint density at radius 1 is 1.08 bits per heavy atom. The van der Waals surface area contributed by atoms with E-state index in [2.05, 4.69) is 10.6 Å². The average Bonchev–Trinajstić information content (AvgIpc) is 3.07. The molecule has 1 fully saturated rings. The van der Waals surface area contributed by atoms with Gasteiger partial charge in [0.1, 0.15) is 0 Å². The summed E-state index contributed by atoms with van der Waals surface area (Å²) in [5.41, 5.74) is 0.723. The average molecular weight is 353 g/mol. The van der Waals surface area contributed by atoms with E-state index in [9.17, 15) is 18.0 Å². The minimum atomic E-state index is -3.43. The Labute approximate surface area is 142 Å². The van der Waals surface area contributed by atoms with E-state index in [0.717, 1.165) is 18.4 Å². The van der Waals surface area contributed by atoms with Gasteiger partial charge in [-0.25, -0.2) is 8.42 Å². The lowest BCUT2D eigenvalue weighted by Gasteiger charge is -2.15. The molecule has 7 nitrogen and oxygen atoms in total. The van der Waals surface area contributed by atoms with E-state index in [4.69, 9.17) is 0 Å². The molecular formula is C16H23N3O4S. The first-order chi connectivity index (χ1) is 11.3. The van der Waals surface area contributed by atoms with Crippen molar-refractivity contribution < 1.29 is 18.0 Å². The maximum Gasteiger partial charge on any atom is 0.309 e. The molecule has 0 unspecified atom stereocenters. The zero-order chi connectivity index (χ0) is 17.7. The first-order valence-electron chi connectivity index (χ1n) is 7.98. The van der Waals surface area contributed by atoms with E-state index in [1.54, 1.807) is 26.0 Å². The first kappa shape index (κ1) is 18.4. The van der Waals surface area contributed by atoms with Crippen LogP contribution in [0.2, 0.25) is 0 Å². The molecular weight excluding hydrogens is 330 g/mol. The van der Waals surface area contributed by atoms with E-state index < -0.39 is 21.8 Å². The molecule has 0 atom stereocenters. The summed E-state index contributed by atoms with van der Waals surface area (Å²) in [4.78, 5) is 23.4. The van der Waals surface area contributed by atoms with Crippen LogP contribution >= 0.6 is 0 Å². The third-order valence-corrected chi connectivity index (χ3v) is 5.62. The molecule has 0 aliphatic carbocycles. The molecule has 2 rings (SSSR count). The van der Waals surface area contributed by atoms with Crippen LogP contribution in [0.4, 0.5) is 0 Å². The third kappa shape index (κ3) is 4.55. The van der Waals surface area contributed by atoms with Crippen LogP contribution in [-0.2, 0) is 26.2 Å². The van der Waals surface area contributed by atoms with Crippen molar-refractivity contribution >= 4 is 21.8 Å². The molecule has 1 heterocycles. The van der Waals surface area contributed by atoms with Gasteiger partial charge in [0.25, 0.3) is 0 Å². The number of carbonyl (C=O) groups excluding carboxylic acids is 2. The van der Waals surface area contributed by atoms with Crippen molar-refractivity contribution in [1.29, 1.82) is 0 Å². The van der Waals surface area contributed by atoms with Gasteiger partial charge in [0.2, 0.25) is 10.0 Å². The summed E-state index contributed by atoms with van der Waals surface area (Å²) in [5.74, 6) is -1.39. The van der Waals surface area contributed by atoms with Gasteiger partial charge in [0.15, 0.2) is 0 Å². The monoisotopic (exact) mass is 353 g/mol. The molecule has 24 heavy (non-hydrogen) atoms. The largest absolute Gasteiger partial charge is 0.346 e. The second kappa shape index (κ2) is 7.76. The van der Waals surface area contributed by atoms with Gasteiger partial charge in [0, 0.05) is 25.7 Å². The molecule has 2 amide bonds. The lowest BCUT2D eigenvalue weighted by molar-refractivity contribution is -0.139. The molecule has 1 saturated heterocycles. The topological polar surface area (TPSA) is 95.6 Å². The molecule has 8 heteroatoms. The fourth-order valence-electron chi connectivity index (χ4n) is 2.45. The lowest BCUT2D eigenvalue weighted by Crippen LogP contribution is -2.42. The highest BCUT2D eigenvalue weighted by Crippen LogP contribution is 2.20. The Kier molecular flexibility index (Phi) is 5.95. The zero-order valence-electron chi connectivity index (χ0n) is 13.9. The fourth-order valence-corrected chi connectivity index (χ4v) is 3.96. The highest BCUT2D eigenvalue weighted by Gasteiger charge is 2.26. The second-order valence-corrected chi connectivity index (χ2v) is 8.00. The molecule has 132 valence electrons.